The lowest BCUT2D eigenvalue weighted by Gasteiger charge is -2.24. The van der Waals surface area contributed by atoms with E-state index in [1.54, 1.807) is 5.01 Å². The van der Waals surface area contributed by atoms with Crippen molar-refractivity contribution in [3.05, 3.63) is 105 Å². The fourth-order valence-corrected chi connectivity index (χ4v) is 4.87. The lowest BCUT2D eigenvalue weighted by atomic mass is 9.90. The second-order valence-corrected chi connectivity index (χ2v) is 9.58. The van der Waals surface area contributed by atoms with Gasteiger partial charge in [0, 0.05) is 28.8 Å². The number of hydrogen-bond acceptors (Lipinski definition) is 3. The predicted octanol–water partition coefficient (Wildman–Crippen LogP) is 6.15. The van der Waals surface area contributed by atoms with Crippen molar-refractivity contribution in [1.29, 1.82) is 0 Å². The minimum atomic E-state index is -0.252. The molecule has 0 aliphatic carbocycles. The molecule has 1 aliphatic heterocycles. The molecule has 5 heteroatoms. The Bertz CT molecular complexity index is 1510. The fraction of sp³-hybridized carbons (Fsp3) is 0.233. The van der Waals surface area contributed by atoms with Gasteiger partial charge in [-0.05, 0) is 36.6 Å². The van der Waals surface area contributed by atoms with Crippen LogP contribution < -0.4 is 5.56 Å². The number of pyridine rings is 1. The van der Waals surface area contributed by atoms with Gasteiger partial charge >= 0.3 is 0 Å². The van der Waals surface area contributed by atoms with Gasteiger partial charge in [-0.1, -0.05) is 86.1 Å². The highest BCUT2D eigenvalue weighted by atomic mass is 16.2. The minimum Gasteiger partial charge on any atom is -0.321 e. The van der Waals surface area contributed by atoms with Crippen molar-refractivity contribution in [2.75, 3.05) is 0 Å². The molecule has 4 aromatic rings. The monoisotopic (exact) mass is 463 g/mol. The van der Waals surface area contributed by atoms with Crippen molar-refractivity contribution in [1.82, 2.24) is 9.99 Å². The number of nitrogens with one attached hydrogen (secondary N) is 1. The highest BCUT2D eigenvalue weighted by molar-refractivity contribution is 6.12. The average Bonchev–Trinajstić information content (AvgIpc) is 3.28. The Morgan fingerprint density at radius 1 is 0.943 bits per heavy atom. The molecular formula is C30H29N3O2. The summed E-state index contributed by atoms with van der Waals surface area (Å²) in [5.74, 6) is -0.265. The first kappa shape index (κ1) is 22.8. The molecule has 5 nitrogen and oxygen atoms in total. The van der Waals surface area contributed by atoms with Crippen LogP contribution in [-0.2, 0) is 4.79 Å². The van der Waals surface area contributed by atoms with E-state index in [4.69, 9.17) is 5.10 Å². The van der Waals surface area contributed by atoms with Gasteiger partial charge < -0.3 is 4.98 Å². The molecule has 0 bridgehead atoms. The summed E-state index contributed by atoms with van der Waals surface area (Å²) in [6.45, 7) is 7.85. The summed E-state index contributed by atoms with van der Waals surface area (Å²) in [6, 6.07) is 23.9. The Morgan fingerprint density at radius 3 is 2.34 bits per heavy atom. The third-order valence-corrected chi connectivity index (χ3v) is 6.73. The fourth-order valence-electron chi connectivity index (χ4n) is 4.87. The molecule has 0 radical (unpaired) electrons. The van der Waals surface area contributed by atoms with E-state index in [9.17, 15) is 9.59 Å². The Kier molecular flexibility index (Phi) is 5.85. The summed E-state index contributed by atoms with van der Waals surface area (Å²) < 4.78 is 0. The minimum absolute atomic E-state index is 0.0534. The molecule has 1 aliphatic rings. The van der Waals surface area contributed by atoms with Crippen molar-refractivity contribution in [2.24, 2.45) is 11.0 Å². The third kappa shape index (κ3) is 4.08. The van der Waals surface area contributed by atoms with Gasteiger partial charge in [-0.15, -0.1) is 0 Å². The lowest BCUT2D eigenvalue weighted by molar-refractivity contribution is -0.136. The van der Waals surface area contributed by atoms with E-state index in [0.29, 0.717) is 17.7 Å². The number of carbonyl (C=O) groups excluding carboxylic acids is 1. The number of hydrogen-bond donors (Lipinski definition) is 1. The SMILES string of the molecule is Cc1ccc(-c2c(C3=NN(C(=O)C(C)C)C(c4ccccc4C)C3)c(=O)[nH]c3ccccc23)cc1. The Morgan fingerprint density at radius 2 is 1.63 bits per heavy atom. The Hall–Kier alpha value is -3.99. The van der Waals surface area contributed by atoms with Gasteiger partial charge in [0.15, 0.2) is 0 Å². The highest BCUT2D eigenvalue weighted by Crippen LogP contribution is 2.38. The molecule has 0 fully saturated rings. The molecule has 1 amide bonds. The highest BCUT2D eigenvalue weighted by Gasteiger charge is 2.36. The van der Waals surface area contributed by atoms with Gasteiger partial charge in [-0.25, -0.2) is 5.01 Å². The zero-order valence-corrected chi connectivity index (χ0v) is 20.5. The first-order valence-electron chi connectivity index (χ1n) is 12.0. The molecule has 5 rings (SSSR count). The summed E-state index contributed by atoms with van der Waals surface area (Å²) in [6.07, 6.45) is 0.476. The summed E-state index contributed by atoms with van der Waals surface area (Å²) in [7, 11) is 0. The van der Waals surface area contributed by atoms with Gasteiger partial charge in [-0.2, -0.15) is 5.10 Å². The van der Waals surface area contributed by atoms with Crippen LogP contribution in [-0.4, -0.2) is 21.6 Å². The van der Waals surface area contributed by atoms with Gasteiger partial charge in [0.05, 0.1) is 17.3 Å². The molecule has 1 atom stereocenters. The normalized spacial score (nSPS) is 15.6. The number of fused-ring (bicyclic) bond motifs is 1. The van der Waals surface area contributed by atoms with Crippen molar-refractivity contribution < 1.29 is 4.79 Å². The van der Waals surface area contributed by atoms with Crippen LogP contribution in [0.4, 0.5) is 0 Å². The number of para-hydroxylation sites is 1. The van der Waals surface area contributed by atoms with Crippen LogP contribution in [0.1, 0.15) is 48.6 Å². The maximum absolute atomic E-state index is 13.6. The molecule has 2 heterocycles. The second-order valence-electron chi connectivity index (χ2n) is 9.58. The number of amides is 1. The molecule has 176 valence electrons. The van der Waals surface area contributed by atoms with Crippen LogP contribution in [0.3, 0.4) is 0 Å². The molecule has 0 spiro atoms. The number of nitrogens with zero attached hydrogens (tertiary/aromatic N) is 2. The molecule has 0 saturated carbocycles. The maximum atomic E-state index is 13.6. The van der Waals surface area contributed by atoms with Gasteiger partial charge in [0.25, 0.3) is 5.56 Å². The number of hydrazone groups is 1. The summed E-state index contributed by atoms with van der Waals surface area (Å²) in [4.78, 5) is 29.9. The summed E-state index contributed by atoms with van der Waals surface area (Å²) in [5, 5.41) is 7.38. The number of aryl methyl sites for hydroxylation is 2. The molecule has 3 aromatic carbocycles. The maximum Gasteiger partial charge on any atom is 0.258 e. The summed E-state index contributed by atoms with van der Waals surface area (Å²) >= 11 is 0. The topological polar surface area (TPSA) is 65.5 Å². The first-order valence-corrected chi connectivity index (χ1v) is 12.0. The largest absolute Gasteiger partial charge is 0.321 e. The number of benzene rings is 3. The van der Waals surface area contributed by atoms with E-state index in [-0.39, 0.29) is 23.4 Å². The first-order chi connectivity index (χ1) is 16.8. The van der Waals surface area contributed by atoms with E-state index in [1.165, 1.54) is 0 Å². The van der Waals surface area contributed by atoms with Gasteiger partial charge in [-0.3, -0.25) is 9.59 Å². The van der Waals surface area contributed by atoms with Crippen LogP contribution >= 0.6 is 0 Å². The Labute approximate surface area is 205 Å². The Balaban J connectivity index is 1.75. The standard InChI is InChI=1S/C30H29N3O2/c1-18(2)30(35)33-26(22-10-6-5-9-20(22)4)17-25(32-33)28-27(21-15-13-19(3)14-16-21)23-11-7-8-12-24(23)31-29(28)34/h5-16,18,26H,17H2,1-4H3,(H,31,34). The second kappa shape index (κ2) is 8.99. The van der Waals surface area contributed by atoms with Crippen molar-refractivity contribution in [3.8, 4) is 11.1 Å². The van der Waals surface area contributed by atoms with Crippen molar-refractivity contribution in [2.45, 2.75) is 40.2 Å². The number of aromatic nitrogens is 1. The molecular weight excluding hydrogens is 434 g/mol. The average molecular weight is 464 g/mol. The van der Waals surface area contributed by atoms with E-state index in [1.807, 2.05) is 88.4 Å². The third-order valence-electron chi connectivity index (χ3n) is 6.73. The molecule has 1 N–H and O–H groups in total. The molecule has 1 aromatic heterocycles. The van der Waals surface area contributed by atoms with Gasteiger partial charge in [0.2, 0.25) is 5.91 Å². The zero-order valence-electron chi connectivity index (χ0n) is 20.5. The predicted molar refractivity (Wildman–Crippen MR) is 141 cm³/mol. The number of H-pyrrole nitrogens is 1. The van der Waals surface area contributed by atoms with Crippen LogP contribution in [0.5, 0.6) is 0 Å². The van der Waals surface area contributed by atoms with Gasteiger partial charge in [0.1, 0.15) is 0 Å². The van der Waals surface area contributed by atoms with E-state index < -0.39 is 0 Å². The quantitative estimate of drug-likeness (QED) is 0.395. The summed E-state index contributed by atoms with van der Waals surface area (Å²) in [5.41, 5.74) is 6.86. The smallest absolute Gasteiger partial charge is 0.258 e. The molecule has 1 unspecified atom stereocenters. The van der Waals surface area contributed by atoms with Crippen LogP contribution in [0.2, 0.25) is 0 Å². The lowest BCUT2D eigenvalue weighted by Crippen LogP contribution is -2.30. The zero-order chi connectivity index (χ0) is 24.7. The number of rotatable bonds is 4. The van der Waals surface area contributed by atoms with Crippen molar-refractivity contribution >= 4 is 22.5 Å². The molecule has 0 saturated heterocycles. The number of aromatic amines is 1. The van der Waals surface area contributed by atoms with E-state index >= 15 is 0 Å². The van der Waals surface area contributed by atoms with E-state index in [0.717, 1.165) is 38.7 Å². The van der Waals surface area contributed by atoms with Crippen LogP contribution in [0.15, 0.2) is 82.7 Å². The van der Waals surface area contributed by atoms with Crippen LogP contribution in [0, 0.1) is 19.8 Å². The van der Waals surface area contributed by atoms with E-state index in [2.05, 4.69) is 17.1 Å². The molecule has 35 heavy (non-hydrogen) atoms. The van der Waals surface area contributed by atoms with Crippen molar-refractivity contribution in [3.63, 3.8) is 0 Å². The number of carbonyl (C=O) groups is 1. The van der Waals surface area contributed by atoms with Crippen LogP contribution in [0.25, 0.3) is 22.0 Å².